The molecule has 3 aromatic rings. The van der Waals surface area contributed by atoms with Gasteiger partial charge in [-0.25, -0.2) is 4.68 Å². The number of carbonyl (C=O) groups is 2. The number of carbonyl (C=O) groups excluding carboxylic acids is 2. The lowest BCUT2D eigenvalue weighted by Gasteiger charge is -2.31. The average Bonchev–Trinajstić information content (AvgIpc) is 3.30. The highest BCUT2D eigenvalue weighted by atomic mass is 16.2. The Kier molecular flexibility index (Phi) is 5.76. The van der Waals surface area contributed by atoms with E-state index >= 15 is 0 Å². The first-order chi connectivity index (χ1) is 15.0. The smallest absolute Gasteiger partial charge is 0.276 e. The first kappa shape index (κ1) is 20.3. The van der Waals surface area contributed by atoms with E-state index in [1.54, 1.807) is 40.0 Å². The molecule has 2 amide bonds. The number of rotatable bonds is 4. The lowest BCUT2D eigenvalue weighted by molar-refractivity contribution is 0.0692. The van der Waals surface area contributed by atoms with Crippen LogP contribution in [0.15, 0.2) is 54.7 Å². The maximum absolute atomic E-state index is 12.8. The van der Waals surface area contributed by atoms with E-state index < -0.39 is 0 Å². The molecule has 8 heteroatoms. The van der Waals surface area contributed by atoms with Crippen LogP contribution in [0.5, 0.6) is 0 Å². The molecule has 0 bridgehead atoms. The molecule has 31 heavy (non-hydrogen) atoms. The fourth-order valence-electron chi connectivity index (χ4n) is 3.54. The summed E-state index contributed by atoms with van der Waals surface area (Å²) in [6, 6.07) is 16.4. The monoisotopic (exact) mass is 414 g/mol. The van der Waals surface area contributed by atoms with Crippen molar-refractivity contribution in [3.05, 3.63) is 77.1 Å². The number of nitrogens with zero attached hydrogens (tertiary/aromatic N) is 5. The molecule has 2 aromatic carbocycles. The van der Waals surface area contributed by atoms with Crippen molar-refractivity contribution in [2.45, 2.75) is 25.8 Å². The Morgan fingerprint density at radius 2 is 1.74 bits per heavy atom. The van der Waals surface area contributed by atoms with Gasteiger partial charge in [0, 0.05) is 24.7 Å². The normalized spacial score (nSPS) is 14.1. The van der Waals surface area contributed by atoms with Gasteiger partial charge < -0.3 is 10.2 Å². The number of amides is 2. The van der Waals surface area contributed by atoms with Crippen LogP contribution in [0.3, 0.4) is 0 Å². The van der Waals surface area contributed by atoms with Crippen molar-refractivity contribution in [2.75, 3.05) is 13.1 Å². The second kappa shape index (κ2) is 8.79. The maximum atomic E-state index is 12.8. The Balaban J connectivity index is 1.32. The quantitative estimate of drug-likeness (QED) is 0.706. The molecular weight excluding hydrogens is 392 g/mol. The third kappa shape index (κ3) is 4.61. The van der Waals surface area contributed by atoms with E-state index in [2.05, 4.69) is 15.6 Å². The van der Waals surface area contributed by atoms with Crippen LogP contribution in [0.25, 0.3) is 5.69 Å². The molecule has 156 valence electrons. The summed E-state index contributed by atoms with van der Waals surface area (Å²) in [4.78, 5) is 27.0. The highest BCUT2D eigenvalue weighted by molar-refractivity contribution is 5.94. The molecule has 1 fully saturated rings. The van der Waals surface area contributed by atoms with Gasteiger partial charge in [0.15, 0.2) is 5.69 Å². The minimum Gasteiger partial charge on any atom is -0.349 e. The van der Waals surface area contributed by atoms with E-state index in [4.69, 9.17) is 5.26 Å². The molecule has 0 aliphatic carbocycles. The van der Waals surface area contributed by atoms with Gasteiger partial charge in [-0.1, -0.05) is 22.9 Å². The predicted molar refractivity (Wildman–Crippen MR) is 114 cm³/mol. The highest BCUT2D eigenvalue weighted by Crippen LogP contribution is 2.15. The average molecular weight is 414 g/mol. The molecular formula is C23H22N6O2. The molecule has 0 radical (unpaired) electrons. The third-order valence-corrected chi connectivity index (χ3v) is 5.40. The second-order valence-corrected chi connectivity index (χ2v) is 7.61. The Bertz CT molecular complexity index is 1120. The Morgan fingerprint density at radius 1 is 1.06 bits per heavy atom. The molecule has 0 spiro atoms. The van der Waals surface area contributed by atoms with Gasteiger partial charge in [0.2, 0.25) is 0 Å². The Labute approximate surface area is 180 Å². The van der Waals surface area contributed by atoms with Gasteiger partial charge in [-0.3, -0.25) is 9.59 Å². The first-order valence-corrected chi connectivity index (χ1v) is 10.1. The molecule has 2 heterocycles. The SMILES string of the molecule is Cc1ccc(-n2cc(C(=O)N3CCC(NC(=O)c4ccc(C#N)cc4)CC3)nn2)cc1. The van der Waals surface area contributed by atoms with Gasteiger partial charge in [0.1, 0.15) is 0 Å². The summed E-state index contributed by atoms with van der Waals surface area (Å²) in [6.45, 7) is 3.08. The Hall–Kier alpha value is -3.99. The van der Waals surface area contributed by atoms with E-state index in [0.717, 1.165) is 11.3 Å². The van der Waals surface area contributed by atoms with Gasteiger partial charge >= 0.3 is 0 Å². The van der Waals surface area contributed by atoms with Crippen molar-refractivity contribution in [2.24, 2.45) is 0 Å². The predicted octanol–water partition coefficient (Wildman–Crippen LogP) is 2.48. The van der Waals surface area contributed by atoms with Crippen molar-refractivity contribution in [1.82, 2.24) is 25.2 Å². The summed E-state index contributed by atoms with van der Waals surface area (Å²) in [5.41, 5.74) is 3.34. The minimum absolute atomic E-state index is 0.00423. The van der Waals surface area contributed by atoms with Crippen molar-refractivity contribution < 1.29 is 9.59 Å². The fraction of sp³-hybridized carbons (Fsp3) is 0.261. The van der Waals surface area contributed by atoms with Crippen LogP contribution in [0.1, 0.15) is 44.8 Å². The fourth-order valence-corrected chi connectivity index (χ4v) is 3.54. The zero-order valence-electron chi connectivity index (χ0n) is 17.2. The number of piperidine rings is 1. The molecule has 4 rings (SSSR count). The van der Waals surface area contributed by atoms with E-state index in [1.807, 2.05) is 37.3 Å². The molecule has 1 aromatic heterocycles. The summed E-state index contributed by atoms with van der Waals surface area (Å²) in [5, 5.41) is 20.0. The van der Waals surface area contributed by atoms with Crippen LogP contribution >= 0.6 is 0 Å². The molecule has 0 saturated carbocycles. The van der Waals surface area contributed by atoms with Crippen molar-refractivity contribution in [3.8, 4) is 11.8 Å². The minimum atomic E-state index is -0.171. The van der Waals surface area contributed by atoms with Crippen molar-refractivity contribution in [1.29, 1.82) is 5.26 Å². The number of hydrogen-bond acceptors (Lipinski definition) is 5. The molecule has 0 atom stereocenters. The van der Waals surface area contributed by atoms with Gasteiger partial charge in [-0.15, -0.1) is 5.10 Å². The van der Waals surface area contributed by atoms with Crippen molar-refractivity contribution in [3.63, 3.8) is 0 Å². The molecule has 1 aliphatic rings. The number of benzene rings is 2. The van der Waals surface area contributed by atoms with Gasteiger partial charge in [-0.05, 0) is 56.2 Å². The standard InChI is InChI=1S/C23H22N6O2/c1-16-2-8-20(9-3-16)29-15-21(26-27-29)23(31)28-12-10-19(11-13-28)25-22(30)18-6-4-17(14-24)5-7-18/h2-9,15,19H,10-13H2,1H3,(H,25,30). The second-order valence-electron chi connectivity index (χ2n) is 7.61. The van der Waals surface area contributed by atoms with E-state index in [0.29, 0.717) is 42.8 Å². The molecule has 1 N–H and O–H groups in total. The topological polar surface area (TPSA) is 104 Å². The summed E-state index contributed by atoms with van der Waals surface area (Å²) in [6.07, 6.45) is 2.98. The van der Waals surface area contributed by atoms with E-state index in [1.165, 1.54) is 0 Å². The van der Waals surface area contributed by atoms with Gasteiger partial charge in [0.25, 0.3) is 11.8 Å². The summed E-state index contributed by atoms with van der Waals surface area (Å²) in [7, 11) is 0. The number of aromatic nitrogens is 3. The van der Waals surface area contributed by atoms with Crippen LogP contribution in [-0.4, -0.2) is 50.8 Å². The van der Waals surface area contributed by atoms with E-state index in [-0.39, 0.29) is 17.9 Å². The van der Waals surface area contributed by atoms with Crippen LogP contribution in [0.4, 0.5) is 0 Å². The van der Waals surface area contributed by atoms with Crippen molar-refractivity contribution >= 4 is 11.8 Å². The number of likely N-dealkylation sites (tertiary alicyclic amines) is 1. The van der Waals surface area contributed by atoms with Gasteiger partial charge in [-0.2, -0.15) is 5.26 Å². The van der Waals surface area contributed by atoms with Crippen LogP contribution in [0, 0.1) is 18.3 Å². The van der Waals surface area contributed by atoms with Crippen LogP contribution in [-0.2, 0) is 0 Å². The maximum Gasteiger partial charge on any atom is 0.276 e. The first-order valence-electron chi connectivity index (χ1n) is 10.1. The lowest BCUT2D eigenvalue weighted by Crippen LogP contribution is -2.46. The summed E-state index contributed by atoms with van der Waals surface area (Å²) >= 11 is 0. The molecule has 1 aliphatic heterocycles. The molecule has 0 unspecified atom stereocenters. The van der Waals surface area contributed by atoms with E-state index in [9.17, 15) is 9.59 Å². The zero-order chi connectivity index (χ0) is 21.8. The Morgan fingerprint density at radius 3 is 2.39 bits per heavy atom. The molecule has 8 nitrogen and oxygen atoms in total. The number of aryl methyl sites for hydroxylation is 1. The largest absolute Gasteiger partial charge is 0.349 e. The third-order valence-electron chi connectivity index (χ3n) is 5.40. The summed E-state index contributed by atoms with van der Waals surface area (Å²) < 4.78 is 1.59. The van der Waals surface area contributed by atoms with Crippen LogP contribution in [0.2, 0.25) is 0 Å². The number of hydrogen-bond donors (Lipinski definition) is 1. The number of nitrogens with one attached hydrogen (secondary N) is 1. The lowest BCUT2D eigenvalue weighted by atomic mass is 10.0. The highest BCUT2D eigenvalue weighted by Gasteiger charge is 2.26. The van der Waals surface area contributed by atoms with Crippen LogP contribution < -0.4 is 5.32 Å². The number of nitriles is 1. The van der Waals surface area contributed by atoms with Gasteiger partial charge in [0.05, 0.1) is 23.5 Å². The zero-order valence-corrected chi connectivity index (χ0v) is 17.2. The summed E-state index contributed by atoms with van der Waals surface area (Å²) in [5.74, 6) is -0.328. The molecule has 1 saturated heterocycles.